The van der Waals surface area contributed by atoms with E-state index < -0.39 is 301 Å². The molecule has 1 aromatic carbocycles. The summed E-state index contributed by atoms with van der Waals surface area (Å²) < 4.78 is 98.6. The van der Waals surface area contributed by atoms with Gasteiger partial charge in [-0.05, 0) is 118 Å². The van der Waals surface area contributed by atoms with Crippen molar-refractivity contribution >= 4 is 40.8 Å². The third-order valence-corrected chi connectivity index (χ3v) is 30.6. The summed E-state index contributed by atoms with van der Waals surface area (Å²) in [5.74, 6) is -3.50. The van der Waals surface area contributed by atoms with Crippen LogP contribution in [-0.4, -0.2) is 409 Å². The number of nitrogens with zero attached hydrogens (tertiary/aromatic N) is 3. The molecule has 30 rings (SSSR count). The SMILES string of the molecule is CCC[C@@H]1O[C@@H]2C[C@H]3[C@@H]4CCC5=CC(=O)C=C[C@]5(C)[C@H]4[C@@H](O)C[C@]3(C)[C@]2(C(=O)COc2ccc(NC(=O)[C@H](C)CC(=O)[C@@H](NC(=O)[C@H](C)CCCCNC(=O)COC3CCCCCc4c3nnn4CC3OC4OC5C(CO)OC(OC6C(CO)OC(OC7C(CO)OC(OC8C(CO)OC(OC9C(CO)OC(OC3C(O)C4O)C(O)C9O)C(O)C8O)C(O)C7O)C(O)C6O)C(O)C5O)C(C)C)cc2)O1. The lowest BCUT2D eigenvalue weighted by Gasteiger charge is -2.59. The number of aliphatic hydroxyl groups is 18. The summed E-state index contributed by atoms with van der Waals surface area (Å²) in [7, 11) is 0. The van der Waals surface area contributed by atoms with Crippen LogP contribution in [0.15, 0.2) is 48.1 Å². The number of hydrogen-bond acceptors (Lipinski definition) is 42. The molecule has 3 amide bonds. The molecule has 12 bridgehead atoms. The Bertz CT molecular complexity index is 4550. The summed E-state index contributed by atoms with van der Waals surface area (Å²) in [6.45, 7) is 6.72. The molecular formula is C93H138N6O40. The molecule has 139 heavy (non-hydrogen) atoms. The van der Waals surface area contributed by atoms with Gasteiger partial charge in [0.2, 0.25) is 23.5 Å². The molecule has 26 fully saturated rings. The van der Waals surface area contributed by atoms with Crippen molar-refractivity contribution in [2.24, 2.45) is 46.3 Å². The molecule has 23 saturated heterocycles. The number of ketones is 3. The molecule has 780 valence electrons. The maximum atomic E-state index is 14.9. The van der Waals surface area contributed by atoms with Gasteiger partial charge in [-0.3, -0.25) is 28.8 Å². The number of aromatic nitrogens is 3. The minimum atomic E-state index is -2.26. The van der Waals surface area contributed by atoms with Crippen LogP contribution in [0.2, 0.25) is 0 Å². The normalized spacial score (nSPS) is 43.0. The lowest BCUT2D eigenvalue weighted by atomic mass is 9.46. The number of ether oxygens (including phenoxy) is 16. The van der Waals surface area contributed by atoms with Crippen molar-refractivity contribution in [3.63, 3.8) is 0 Å². The molecule has 0 radical (unpaired) electrons. The predicted molar refractivity (Wildman–Crippen MR) is 468 cm³/mol. The zero-order valence-corrected chi connectivity index (χ0v) is 78.6. The number of Topliss-reactive ketones (excluding diaryl/α,β-unsaturated/α-hetero) is 2. The Morgan fingerprint density at radius 3 is 1.53 bits per heavy atom. The number of hydrogen-bond donors (Lipinski definition) is 21. The fraction of sp³-hybridized carbons (Fsp3) is 0.806. The minimum Gasteiger partial charge on any atom is -0.486 e. The average molecular weight is 1980 g/mol. The number of rotatable bonds is 29. The van der Waals surface area contributed by atoms with Crippen LogP contribution in [-0.2, 0) is 113 Å². The highest BCUT2D eigenvalue weighted by atomic mass is 16.8. The van der Waals surface area contributed by atoms with Crippen LogP contribution >= 0.6 is 0 Å². The Hall–Kier alpha value is -6.26. The Balaban J connectivity index is 0.548. The van der Waals surface area contributed by atoms with Gasteiger partial charge in [-0.15, -0.1) is 5.10 Å². The van der Waals surface area contributed by atoms with Crippen LogP contribution < -0.4 is 20.7 Å². The minimum absolute atomic E-state index is 0.0150. The number of aliphatic hydroxyl groups excluding tert-OH is 18. The van der Waals surface area contributed by atoms with Crippen molar-refractivity contribution in [3.8, 4) is 5.75 Å². The second-order valence-electron chi connectivity index (χ2n) is 40.1. The van der Waals surface area contributed by atoms with Gasteiger partial charge in [0.25, 0.3) is 0 Å². The third kappa shape index (κ3) is 21.7. The molecule has 21 N–H and O–H groups in total. The van der Waals surface area contributed by atoms with Crippen molar-refractivity contribution in [2.75, 3.05) is 58.1 Å². The summed E-state index contributed by atoms with van der Waals surface area (Å²) in [5.41, 5.74) is -0.521. The maximum Gasteiger partial charge on any atom is 0.246 e. The average Bonchev–Trinajstić information content (AvgIpc) is 1.53. The van der Waals surface area contributed by atoms with Crippen molar-refractivity contribution in [2.45, 2.75) is 372 Å². The number of nitrogens with one attached hydrogen (secondary N) is 3. The molecule has 2 aromatic rings. The van der Waals surface area contributed by atoms with Gasteiger partial charge >= 0.3 is 0 Å². The van der Waals surface area contributed by atoms with E-state index in [0.29, 0.717) is 87.8 Å². The molecule has 43 atom stereocenters. The van der Waals surface area contributed by atoms with Crippen LogP contribution in [0.3, 0.4) is 0 Å². The van der Waals surface area contributed by atoms with E-state index in [-0.39, 0.29) is 78.6 Å². The summed E-state index contributed by atoms with van der Waals surface area (Å²) >= 11 is 0. The third-order valence-electron chi connectivity index (χ3n) is 30.6. The summed E-state index contributed by atoms with van der Waals surface area (Å²) in [5, 5.41) is 224. The molecule has 3 saturated carbocycles. The van der Waals surface area contributed by atoms with Crippen molar-refractivity contribution < 1.29 is 196 Å². The largest absolute Gasteiger partial charge is 0.486 e. The summed E-state index contributed by atoms with van der Waals surface area (Å²) in [4.78, 5) is 82.4. The van der Waals surface area contributed by atoms with Gasteiger partial charge in [0.1, 0.15) is 177 Å². The Kier molecular flexibility index (Phi) is 34.9. The lowest BCUT2D eigenvalue weighted by molar-refractivity contribution is -0.403. The highest BCUT2D eigenvalue weighted by molar-refractivity contribution is 6.01. The van der Waals surface area contributed by atoms with Crippen molar-refractivity contribution in [1.82, 2.24) is 25.6 Å². The van der Waals surface area contributed by atoms with Gasteiger partial charge in [-0.25, -0.2) is 4.68 Å². The first kappa shape index (κ1) is 107. The Morgan fingerprint density at radius 2 is 1.05 bits per heavy atom. The fourth-order valence-corrected chi connectivity index (χ4v) is 23.0. The highest BCUT2D eigenvalue weighted by Gasteiger charge is 2.76. The molecule has 31 unspecified atom stereocenters. The smallest absolute Gasteiger partial charge is 0.246 e. The predicted octanol–water partition coefficient (Wildman–Crippen LogP) is -5.17. The molecule has 28 aliphatic rings. The van der Waals surface area contributed by atoms with Crippen LogP contribution in [0, 0.1) is 46.3 Å². The van der Waals surface area contributed by atoms with Gasteiger partial charge in [0.15, 0.2) is 61.2 Å². The second-order valence-corrected chi connectivity index (χ2v) is 40.1. The van der Waals surface area contributed by atoms with E-state index in [1.54, 1.807) is 64.1 Å². The zero-order valence-electron chi connectivity index (χ0n) is 78.6. The van der Waals surface area contributed by atoms with Gasteiger partial charge in [-0.2, -0.15) is 0 Å². The number of benzene rings is 1. The summed E-state index contributed by atoms with van der Waals surface area (Å²) in [6, 6.07) is 5.58. The van der Waals surface area contributed by atoms with Crippen LogP contribution in [0.25, 0.3) is 0 Å². The van der Waals surface area contributed by atoms with Crippen LogP contribution in [0.1, 0.15) is 156 Å². The molecular weight excluding hydrogens is 1840 g/mol. The number of carbonyl (C=O) groups excluding carboxylic acids is 6. The van der Waals surface area contributed by atoms with Crippen molar-refractivity contribution in [3.05, 3.63) is 59.5 Å². The number of unbranched alkanes of at least 4 members (excludes halogenated alkanes) is 1. The van der Waals surface area contributed by atoms with Crippen LogP contribution in [0.4, 0.5) is 5.69 Å². The van der Waals surface area contributed by atoms with E-state index in [1.165, 1.54) is 4.68 Å². The van der Waals surface area contributed by atoms with Gasteiger partial charge in [0, 0.05) is 47.2 Å². The number of amides is 3. The standard InChI is InChI=1S/C93H138N6O40/c1-8-14-61-132-59-29-47-46-23-18-42-28-44(105)24-25-91(42,6)62(46)50(107)30-92(47,7)93(59,139-61)58(108)37-124-45-21-19-43(20-22-45)95-84(123)41(5)27-49(106)63(39(2)3)96-83(122)40(4)15-12-13-26-94-60(109)38-125-51-17-11-9-10-16-48-64(51)97-98-99(48)31-52-77-65(110)71(116)85(126-52)134-78-53(32-100)128-87(73(118)67(78)112)136-80-55(34-102)130-89(75(120)69(80)114)138-82-57(36-104)131-90(76(121)70(82)115)137-81-56(35-103)129-88(74(119)68(81)113)135-79-54(33-101)127-86(133-77)72(117)66(79)111/h19-22,24-25,28,39-41,46-47,50-57,59,61-63,65-82,85-90,100-104,107,110-121H,8-18,23,26-27,29-38H2,1-7H3,(H,94,109)(H,95,123)(H,96,122)/t40-,41-,46+,47+,50+,51?,52?,53?,54?,55?,56?,57?,59-,61-,62-,63+,65?,66?,67?,68?,69?,70?,71?,72?,73?,74?,75?,76?,77?,78?,79?,80?,81?,82?,85?,86?,87?,88?,89?,90?,91+,92+,93-/m1/s1. The van der Waals surface area contributed by atoms with E-state index in [2.05, 4.69) is 40.1 Å². The first-order chi connectivity index (χ1) is 66.3. The number of fused-ring (bicyclic) bond motifs is 8. The first-order valence-electron chi connectivity index (χ1n) is 48.6. The topological polar surface area (TPSA) is 681 Å². The molecule has 1 aromatic heterocycles. The van der Waals surface area contributed by atoms with Gasteiger partial charge in [-0.1, -0.05) is 91.0 Å². The fourth-order valence-electron chi connectivity index (χ4n) is 23.0. The maximum absolute atomic E-state index is 14.9. The molecule has 0 spiro atoms. The second kappa shape index (κ2) is 45.4. The number of anilines is 1. The van der Waals surface area contributed by atoms with Crippen molar-refractivity contribution in [1.29, 1.82) is 0 Å². The molecule has 5 aliphatic carbocycles. The summed E-state index contributed by atoms with van der Waals surface area (Å²) in [6.07, 6.45) is -51.1. The quantitative estimate of drug-likeness (QED) is 0.0339. The lowest BCUT2D eigenvalue weighted by Crippen LogP contribution is -2.69. The number of carbonyl (C=O) groups is 6. The Labute approximate surface area is 801 Å². The van der Waals surface area contributed by atoms with Gasteiger partial charge < -0.3 is 184 Å². The molecule has 46 heteroatoms. The van der Waals surface area contributed by atoms with Gasteiger partial charge in [0.05, 0.1) is 63.5 Å². The monoisotopic (exact) mass is 1980 g/mol. The van der Waals surface area contributed by atoms with Crippen LogP contribution in [0.5, 0.6) is 5.75 Å². The molecule has 23 aliphatic heterocycles. The van der Waals surface area contributed by atoms with E-state index in [9.17, 15) is 121 Å². The number of allylic oxidation sites excluding steroid dienone is 4. The highest BCUT2D eigenvalue weighted by Crippen LogP contribution is 2.70. The van der Waals surface area contributed by atoms with E-state index in [1.807, 2.05) is 13.0 Å². The van der Waals surface area contributed by atoms with E-state index in [0.717, 1.165) is 18.4 Å². The van der Waals surface area contributed by atoms with E-state index in [4.69, 9.17) is 75.8 Å². The first-order valence-corrected chi connectivity index (χ1v) is 48.6. The zero-order chi connectivity index (χ0) is 99.9. The molecule has 24 heterocycles. The Morgan fingerprint density at radius 1 is 0.561 bits per heavy atom. The van der Waals surface area contributed by atoms with E-state index >= 15 is 0 Å². The molecule has 46 nitrogen and oxygen atoms in total.